The van der Waals surface area contributed by atoms with Gasteiger partial charge in [0.1, 0.15) is 0 Å². The largest absolute Gasteiger partial charge is 0.327 e. The maximum Gasteiger partial charge on any atom is 0.274 e. The molecule has 2 N–H and O–H groups in total. The van der Waals surface area contributed by atoms with Crippen LogP contribution in [0.25, 0.3) is 0 Å². The van der Waals surface area contributed by atoms with Crippen LogP contribution < -0.4 is 5.73 Å². The Morgan fingerprint density at radius 1 is 1.47 bits per heavy atom. The summed E-state index contributed by atoms with van der Waals surface area (Å²) in [5.41, 5.74) is 7.02. The van der Waals surface area contributed by atoms with Crippen molar-refractivity contribution in [2.75, 3.05) is 13.1 Å². The molecule has 0 radical (unpaired) electrons. The van der Waals surface area contributed by atoms with Gasteiger partial charge in [-0.15, -0.1) is 0 Å². The molecule has 3 atom stereocenters. The highest BCUT2D eigenvalue weighted by molar-refractivity contribution is 5.41. The van der Waals surface area contributed by atoms with E-state index in [-0.39, 0.29) is 22.7 Å². The number of nitro groups is 1. The Bertz CT molecular complexity index is 464. The van der Waals surface area contributed by atoms with E-state index in [1.807, 2.05) is 19.1 Å². The number of hydrogen-bond acceptors (Lipinski definition) is 4. The molecule has 0 bridgehead atoms. The van der Waals surface area contributed by atoms with Crippen LogP contribution in [0, 0.1) is 16.0 Å². The Labute approximate surface area is 113 Å². The molecule has 1 fully saturated rings. The van der Waals surface area contributed by atoms with Crippen LogP contribution in [0.1, 0.15) is 31.9 Å². The Morgan fingerprint density at radius 3 is 2.79 bits per heavy atom. The van der Waals surface area contributed by atoms with Crippen LogP contribution in [0.2, 0.25) is 0 Å². The minimum atomic E-state index is -0.301. The second-order valence-electron chi connectivity index (χ2n) is 5.42. The van der Waals surface area contributed by atoms with Crippen molar-refractivity contribution < 1.29 is 4.92 Å². The SMILES string of the molecule is CC1CN(C(C)c2ccccc2[N+](=O)[O-])CCC1N. The van der Waals surface area contributed by atoms with Gasteiger partial charge in [0.25, 0.3) is 5.69 Å². The van der Waals surface area contributed by atoms with E-state index in [9.17, 15) is 10.1 Å². The fourth-order valence-corrected chi connectivity index (χ4v) is 2.75. The molecule has 1 aromatic carbocycles. The molecule has 3 unspecified atom stereocenters. The van der Waals surface area contributed by atoms with Crippen LogP contribution in [-0.4, -0.2) is 29.0 Å². The average Bonchev–Trinajstić information content (AvgIpc) is 2.41. The third kappa shape index (κ3) is 2.93. The molecule has 0 amide bonds. The maximum absolute atomic E-state index is 11.1. The molecule has 5 nitrogen and oxygen atoms in total. The van der Waals surface area contributed by atoms with Crippen molar-refractivity contribution in [1.29, 1.82) is 0 Å². The average molecular weight is 263 g/mol. The molecule has 19 heavy (non-hydrogen) atoms. The summed E-state index contributed by atoms with van der Waals surface area (Å²) >= 11 is 0. The number of para-hydroxylation sites is 1. The van der Waals surface area contributed by atoms with Crippen molar-refractivity contribution >= 4 is 5.69 Å². The van der Waals surface area contributed by atoms with E-state index in [2.05, 4.69) is 11.8 Å². The quantitative estimate of drug-likeness (QED) is 0.671. The van der Waals surface area contributed by atoms with Crippen LogP contribution in [0.5, 0.6) is 0 Å². The number of likely N-dealkylation sites (tertiary alicyclic amines) is 1. The molecule has 1 heterocycles. The van der Waals surface area contributed by atoms with Gasteiger partial charge in [-0.1, -0.05) is 25.1 Å². The zero-order valence-corrected chi connectivity index (χ0v) is 11.5. The normalized spacial score (nSPS) is 26.1. The Hall–Kier alpha value is -1.46. The van der Waals surface area contributed by atoms with Crippen LogP contribution in [-0.2, 0) is 0 Å². The van der Waals surface area contributed by atoms with Gasteiger partial charge in [-0.3, -0.25) is 15.0 Å². The van der Waals surface area contributed by atoms with Crippen molar-refractivity contribution in [3.8, 4) is 0 Å². The second-order valence-corrected chi connectivity index (χ2v) is 5.42. The molecule has 0 spiro atoms. The van der Waals surface area contributed by atoms with E-state index in [1.54, 1.807) is 12.1 Å². The summed E-state index contributed by atoms with van der Waals surface area (Å²) in [6, 6.07) is 7.29. The highest BCUT2D eigenvalue weighted by Gasteiger charge is 2.29. The van der Waals surface area contributed by atoms with Crippen LogP contribution in [0.3, 0.4) is 0 Å². The van der Waals surface area contributed by atoms with Crippen molar-refractivity contribution in [2.24, 2.45) is 11.7 Å². The number of nitrogens with two attached hydrogens (primary N) is 1. The van der Waals surface area contributed by atoms with Gasteiger partial charge in [0.15, 0.2) is 0 Å². The minimum absolute atomic E-state index is 0.0524. The summed E-state index contributed by atoms with van der Waals surface area (Å²) < 4.78 is 0. The number of rotatable bonds is 3. The Balaban J connectivity index is 2.20. The fourth-order valence-electron chi connectivity index (χ4n) is 2.75. The predicted octanol–water partition coefficient (Wildman–Crippen LogP) is 2.32. The van der Waals surface area contributed by atoms with E-state index in [1.165, 1.54) is 0 Å². The number of piperidine rings is 1. The summed E-state index contributed by atoms with van der Waals surface area (Å²) in [5, 5.41) is 11.1. The first kappa shape index (κ1) is 14.0. The monoisotopic (exact) mass is 263 g/mol. The Kier molecular flexibility index (Phi) is 4.17. The van der Waals surface area contributed by atoms with E-state index < -0.39 is 0 Å². The summed E-state index contributed by atoms with van der Waals surface area (Å²) in [5.74, 6) is 0.430. The molecule has 0 aromatic heterocycles. The van der Waals surface area contributed by atoms with Gasteiger partial charge in [-0.05, 0) is 19.3 Å². The number of nitro benzene ring substituents is 1. The topological polar surface area (TPSA) is 72.4 Å². The number of benzene rings is 1. The lowest BCUT2D eigenvalue weighted by Gasteiger charge is -2.38. The molecular weight excluding hydrogens is 242 g/mol. The summed E-state index contributed by atoms with van der Waals surface area (Å²) in [4.78, 5) is 13.1. The van der Waals surface area contributed by atoms with Crippen molar-refractivity contribution in [1.82, 2.24) is 4.90 Å². The van der Waals surface area contributed by atoms with Crippen molar-refractivity contribution in [2.45, 2.75) is 32.4 Å². The molecule has 0 saturated carbocycles. The molecule has 5 heteroatoms. The van der Waals surface area contributed by atoms with Crippen molar-refractivity contribution in [3.63, 3.8) is 0 Å². The standard InChI is InChI=1S/C14H21N3O2/c1-10-9-16(8-7-13(10)15)11(2)12-5-3-4-6-14(12)17(18)19/h3-6,10-11,13H,7-9,15H2,1-2H3. The molecular formula is C14H21N3O2. The molecule has 2 rings (SSSR count). The summed E-state index contributed by atoms with van der Waals surface area (Å²) in [6.45, 7) is 5.97. The fraction of sp³-hybridized carbons (Fsp3) is 0.571. The lowest BCUT2D eigenvalue weighted by Crippen LogP contribution is -2.46. The summed E-state index contributed by atoms with van der Waals surface area (Å²) in [6.07, 6.45) is 0.951. The van der Waals surface area contributed by atoms with E-state index in [4.69, 9.17) is 5.73 Å². The first-order valence-electron chi connectivity index (χ1n) is 6.73. The molecule has 1 aromatic rings. The lowest BCUT2D eigenvalue weighted by atomic mass is 9.92. The zero-order valence-electron chi connectivity index (χ0n) is 11.5. The number of hydrogen-bond donors (Lipinski definition) is 1. The third-order valence-electron chi connectivity index (χ3n) is 4.13. The highest BCUT2D eigenvalue weighted by atomic mass is 16.6. The molecule has 104 valence electrons. The van der Waals surface area contributed by atoms with Crippen LogP contribution >= 0.6 is 0 Å². The van der Waals surface area contributed by atoms with Crippen molar-refractivity contribution in [3.05, 3.63) is 39.9 Å². The lowest BCUT2D eigenvalue weighted by molar-refractivity contribution is -0.386. The molecule has 1 aliphatic heterocycles. The first-order chi connectivity index (χ1) is 9.00. The Morgan fingerprint density at radius 2 is 2.16 bits per heavy atom. The molecule has 0 aliphatic carbocycles. The van der Waals surface area contributed by atoms with E-state index in [0.29, 0.717) is 5.92 Å². The van der Waals surface area contributed by atoms with E-state index in [0.717, 1.165) is 25.1 Å². The van der Waals surface area contributed by atoms with Gasteiger partial charge in [0.05, 0.1) is 4.92 Å². The highest BCUT2D eigenvalue weighted by Crippen LogP contribution is 2.31. The van der Waals surface area contributed by atoms with E-state index >= 15 is 0 Å². The van der Waals surface area contributed by atoms with Gasteiger partial charge in [0.2, 0.25) is 0 Å². The van der Waals surface area contributed by atoms with Gasteiger partial charge >= 0.3 is 0 Å². The second kappa shape index (κ2) is 5.67. The first-order valence-corrected chi connectivity index (χ1v) is 6.73. The zero-order chi connectivity index (χ0) is 14.0. The number of nitrogens with zero attached hydrogens (tertiary/aromatic N) is 2. The van der Waals surface area contributed by atoms with Gasteiger partial charge in [-0.25, -0.2) is 0 Å². The smallest absolute Gasteiger partial charge is 0.274 e. The maximum atomic E-state index is 11.1. The van der Waals surface area contributed by atoms with Gasteiger partial charge < -0.3 is 5.73 Å². The molecule has 1 aliphatic rings. The van der Waals surface area contributed by atoms with Crippen LogP contribution in [0.15, 0.2) is 24.3 Å². The third-order valence-corrected chi connectivity index (χ3v) is 4.13. The van der Waals surface area contributed by atoms with Gasteiger partial charge in [-0.2, -0.15) is 0 Å². The summed E-state index contributed by atoms with van der Waals surface area (Å²) in [7, 11) is 0. The predicted molar refractivity (Wildman–Crippen MR) is 74.8 cm³/mol. The molecule has 1 saturated heterocycles. The van der Waals surface area contributed by atoms with Gasteiger partial charge in [0, 0.05) is 36.8 Å². The van der Waals surface area contributed by atoms with Crippen LogP contribution in [0.4, 0.5) is 5.69 Å². The minimum Gasteiger partial charge on any atom is -0.327 e.